The summed E-state index contributed by atoms with van der Waals surface area (Å²) in [7, 11) is 2.99. The number of Topliss-reactive ketones (excluding diaryl/α,β-unsaturated/α-hetero) is 1. The number of hydrogen-bond acceptors (Lipinski definition) is 5. The van der Waals surface area contributed by atoms with Gasteiger partial charge in [-0.25, -0.2) is 0 Å². The van der Waals surface area contributed by atoms with Crippen molar-refractivity contribution >= 4 is 23.5 Å². The van der Waals surface area contributed by atoms with Crippen molar-refractivity contribution in [2.45, 2.75) is 0 Å². The Kier molecular flexibility index (Phi) is 3.32. The summed E-state index contributed by atoms with van der Waals surface area (Å²) in [5, 5.41) is 0. The Bertz CT molecular complexity index is 563. The van der Waals surface area contributed by atoms with E-state index in [1.165, 1.54) is 25.5 Å². The zero-order chi connectivity index (χ0) is 13.1. The molecule has 5 nitrogen and oxygen atoms in total. The molecule has 1 aliphatic heterocycles. The highest BCUT2D eigenvalue weighted by molar-refractivity contribution is 6.29. The SMILES string of the molecule is CN=C1C=C2C(=O)C=C(OC)C(=O)C2=CC=NC1. The molecular formula is C13H12N2O3. The molecule has 0 spiro atoms. The van der Waals surface area contributed by atoms with Crippen LogP contribution in [0.5, 0.6) is 0 Å². The lowest BCUT2D eigenvalue weighted by Gasteiger charge is -2.16. The van der Waals surface area contributed by atoms with Gasteiger partial charge in [0.25, 0.3) is 0 Å². The van der Waals surface area contributed by atoms with Crippen LogP contribution in [0.1, 0.15) is 0 Å². The molecule has 2 aliphatic rings. The first-order valence-electron chi connectivity index (χ1n) is 5.40. The first-order valence-corrected chi connectivity index (χ1v) is 5.40. The summed E-state index contributed by atoms with van der Waals surface area (Å²) in [5.41, 5.74) is 1.29. The van der Waals surface area contributed by atoms with Gasteiger partial charge in [-0.15, -0.1) is 0 Å². The second-order valence-electron chi connectivity index (χ2n) is 3.75. The highest BCUT2D eigenvalue weighted by Crippen LogP contribution is 2.24. The zero-order valence-electron chi connectivity index (χ0n) is 10.1. The Morgan fingerprint density at radius 2 is 2.06 bits per heavy atom. The molecule has 0 radical (unpaired) electrons. The summed E-state index contributed by atoms with van der Waals surface area (Å²) in [4.78, 5) is 32.1. The largest absolute Gasteiger partial charge is 0.492 e. The van der Waals surface area contributed by atoms with Crippen LogP contribution in [0.25, 0.3) is 0 Å². The lowest BCUT2D eigenvalue weighted by molar-refractivity contribution is -0.118. The Labute approximate surface area is 104 Å². The van der Waals surface area contributed by atoms with Crippen LogP contribution in [0, 0.1) is 0 Å². The number of ketones is 2. The number of allylic oxidation sites excluding steroid dienone is 4. The van der Waals surface area contributed by atoms with Crippen molar-refractivity contribution in [3.63, 3.8) is 0 Å². The number of nitrogens with zero attached hydrogens (tertiary/aromatic N) is 2. The molecule has 2 rings (SSSR count). The van der Waals surface area contributed by atoms with E-state index in [1.807, 2.05) is 0 Å². The van der Waals surface area contributed by atoms with Crippen molar-refractivity contribution < 1.29 is 14.3 Å². The third-order valence-corrected chi connectivity index (χ3v) is 2.70. The summed E-state index contributed by atoms with van der Waals surface area (Å²) in [5.74, 6) is -0.520. The lowest BCUT2D eigenvalue weighted by atomic mass is 9.89. The Morgan fingerprint density at radius 1 is 1.28 bits per heavy atom. The smallest absolute Gasteiger partial charge is 0.228 e. The average molecular weight is 244 g/mol. The standard InChI is InChI=1S/C13H12N2O3/c1-14-8-5-10-9(3-4-15-7-8)13(17)12(18-2)6-11(10)16/h3-6H,7H2,1-2H3. The third kappa shape index (κ3) is 2.07. The minimum absolute atomic E-state index is 0.0485. The molecule has 0 saturated heterocycles. The molecule has 18 heavy (non-hydrogen) atoms. The molecule has 0 saturated carbocycles. The van der Waals surface area contributed by atoms with E-state index in [9.17, 15) is 9.59 Å². The van der Waals surface area contributed by atoms with E-state index in [0.717, 1.165) is 0 Å². The molecule has 0 atom stereocenters. The van der Waals surface area contributed by atoms with Crippen LogP contribution >= 0.6 is 0 Å². The number of carbonyl (C=O) groups excluding carboxylic acids is 2. The van der Waals surface area contributed by atoms with Gasteiger partial charge in [-0.2, -0.15) is 0 Å². The van der Waals surface area contributed by atoms with E-state index in [4.69, 9.17) is 4.74 Å². The van der Waals surface area contributed by atoms with Crippen molar-refractivity contribution in [3.8, 4) is 0 Å². The number of fused-ring (bicyclic) bond motifs is 1. The second kappa shape index (κ2) is 4.91. The summed E-state index contributed by atoms with van der Waals surface area (Å²) in [6, 6.07) is 0. The van der Waals surface area contributed by atoms with Crippen molar-refractivity contribution in [2.75, 3.05) is 20.7 Å². The summed E-state index contributed by atoms with van der Waals surface area (Å²) >= 11 is 0. The van der Waals surface area contributed by atoms with Crippen molar-refractivity contribution in [1.29, 1.82) is 0 Å². The molecule has 0 bridgehead atoms. The summed E-state index contributed by atoms with van der Waals surface area (Å²) in [6.45, 7) is 0.395. The van der Waals surface area contributed by atoms with Gasteiger partial charge in [0.2, 0.25) is 5.78 Å². The van der Waals surface area contributed by atoms with Gasteiger partial charge in [-0.3, -0.25) is 19.6 Å². The number of hydrogen-bond donors (Lipinski definition) is 0. The predicted molar refractivity (Wildman–Crippen MR) is 68.0 cm³/mol. The van der Waals surface area contributed by atoms with Crippen LogP contribution in [0.4, 0.5) is 0 Å². The quantitative estimate of drug-likeness (QED) is 0.681. The van der Waals surface area contributed by atoms with Gasteiger partial charge in [0.1, 0.15) is 0 Å². The summed E-state index contributed by atoms with van der Waals surface area (Å²) in [6.07, 6.45) is 5.85. The highest BCUT2D eigenvalue weighted by atomic mass is 16.5. The number of methoxy groups -OCH3 is 1. The first-order chi connectivity index (χ1) is 8.67. The number of rotatable bonds is 1. The average Bonchev–Trinajstić information content (AvgIpc) is 2.34. The van der Waals surface area contributed by atoms with E-state index in [-0.39, 0.29) is 17.3 Å². The van der Waals surface area contributed by atoms with Gasteiger partial charge in [0.05, 0.1) is 19.4 Å². The molecular weight excluding hydrogens is 232 g/mol. The van der Waals surface area contributed by atoms with Crippen LogP contribution < -0.4 is 0 Å². The molecule has 1 aliphatic carbocycles. The molecule has 0 unspecified atom stereocenters. The van der Waals surface area contributed by atoms with Gasteiger partial charge >= 0.3 is 0 Å². The normalized spacial score (nSPS) is 21.7. The van der Waals surface area contributed by atoms with Crippen molar-refractivity contribution in [1.82, 2.24) is 0 Å². The van der Waals surface area contributed by atoms with Gasteiger partial charge in [0.15, 0.2) is 11.5 Å². The number of ether oxygens (including phenoxy) is 1. The molecule has 1 heterocycles. The van der Waals surface area contributed by atoms with E-state index >= 15 is 0 Å². The van der Waals surface area contributed by atoms with E-state index in [2.05, 4.69) is 9.98 Å². The molecule has 0 amide bonds. The van der Waals surface area contributed by atoms with Crippen LogP contribution in [0.3, 0.4) is 0 Å². The highest BCUT2D eigenvalue weighted by Gasteiger charge is 2.29. The Morgan fingerprint density at radius 3 is 2.72 bits per heavy atom. The fraction of sp³-hybridized carbons (Fsp3) is 0.231. The van der Waals surface area contributed by atoms with Gasteiger partial charge < -0.3 is 4.74 Å². The Hall–Kier alpha value is -2.30. The van der Waals surface area contributed by atoms with Gasteiger partial charge in [-0.05, 0) is 12.2 Å². The van der Waals surface area contributed by atoms with Crippen LogP contribution in [-0.2, 0) is 14.3 Å². The summed E-state index contributed by atoms with van der Waals surface area (Å²) < 4.78 is 4.90. The topological polar surface area (TPSA) is 68.1 Å². The fourth-order valence-corrected chi connectivity index (χ4v) is 1.74. The molecule has 92 valence electrons. The number of carbonyl (C=O) groups is 2. The predicted octanol–water partition coefficient (Wildman–Crippen LogP) is 0.676. The van der Waals surface area contributed by atoms with E-state index < -0.39 is 0 Å². The lowest BCUT2D eigenvalue weighted by Crippen LogP contribution is -2.23. The minimum atomic E-state index is -0.313. The van der Waals surface area contributed by atoms with Crippen molar-refractivity contribution in [2.24, 2.45) is 9.98 Å². The maximum absolute atomic E-state index is 12.0. The zero-order valence-corrected chi connectivity index (χ0v) is 10.1. The maximum atomic E-state index is 12.0. The molecule has 5 heteroatoms. The van der Waals surface area contributed by atoms with Crippen LogP contribution in [0.2, 0.25) is 0 Å². The maximum Gasteiger partial charge on any atom is 0.228 e. The fourth-order valence-electron chi connectivity index (χ4n) is 1.74. The van der Waals surface area contributed by atoms with Crippen LogP contribution in [0.15, 0.2) is 45.1 Å². The molecule has 0 fully saturated rings. The Balaban J connectivity index is 2.60. The second-order valence-corrected chi connectivity index (χ2v) is 3.75. The molecule has 0 aromatic carbocycles. The van der Waals surface area contributed by atoms with Gasteiger partial charge in [0, 0.05) is 30.5 Å². The molecule has 0 aromatic heterocycles. The monoisotopic (exact) mass is 244 g/mol. The minimum Gasteiger partial charge on any atom is -0.492 e. The van der Waals surface area contributed by atoms with E-state index in [1.54, 1.807) is 13.1 Å². The van der Waals surface area contributed by atoms with Crippen LogP contribution in [-0.4, -0.2) is 44.2 Å². The van der Waals surface area contributed by atoms with E-state index in [0.29, 0.717) is 23.4 Å². The molecule has 0 aromatic rings. The number of aliphatic imine (C=N–C) groups is 2. The van der Waals surface area contributed by atoms with Crippen molar-refractivity contribution in [3.05, 3.63) is 35.1 Å². The first kappa shape index (κ1) is 12.2. The molecule has 0 N–H and O–H groups in total. The van der Waals surface area contributed by atoms with Gasteiger partial charge in [-0.1, -0.05) is 0 Å². The third-order valence-electron chi connectivity index (χ3n) is 2.70.